The molecule has 0 aliphatic carbocycles. The van der Waals surface area contributed by atoms with Crippen molar-refractivity contribution in [1.82, 2.24) is 0 Å². The Kier molecular flexibility index (Phi) is 16.5. The number of halogens is 2. The first-order chi connectivity index (χ1) is 11.1. The predicted molar refractivity (Wildman–Crippen MR) is 102 cm³/mol. The number of rotatable bonds is 15. The first-order valence-electron chi connectivity index (χ1n) is 9.11. The van der Waals surface area contributed by atoms with Crippen molar-refractivity contribution in [3.63, 3.8) is 0 Å². The van der Waals surface area contributed by atoms with Gasteiger partial charge in [-0.05, 0) is 32.1 Å². The highest BCUT2D eigenvalue weighted by Gasteiger charge is 2.14. The van der Waals surface area contributed by atoms with E-state index in [4.69, 9.17) is 23.2 Å². The third kappa shape index (κ3) is 15.1. The van der Waals surface area contributed by atoms with Crippen molar-refractivity contribution in [3.05, 3.63) is 12.2 Å². The van der Waals surface area contributed by atoms with E-state index in [0.717, 1.165) is 32.1 Å². The summed E-state index contributed by atoms with van der Waals surface area (Å²) in [7, 11) is 1.44. The molecule has 0 bridgehead atoms. The first kappa shape index (κ1) is 22.8. The fourth-order valence-corrected chi connectivity index (χ4v) is 2.91. The maximum Gasteiger partial charge on any atom is 0.305 e. The number of carbonyl (C=O) groups is 1. The minimum atomic E-state index is -0.101. The number of hydrogen-bond acceptors (Lipinski definition) is 2. The molecular formula is C19H34Cl2O2. The van der Waals surface area contributed by atoms with Gasteiger partial charge in [-0.25, -0.2) is 0 Å². The number of alkyl halides is 2. The van der Waals surface area contributed by atoms with E-state index in [9.17, 15) is 4.79 Å². The molecule has 0 heterocycles. The first-order valence-corrected chi connectivity index (χ1v) is 9.99. The molecule has 0 fully saturated rings. The van der Waals surface area contributed by atoms with Gasteiger partial charge in [0, 0.05) is 6.42 Å². The molecule has 0 amide bonds. The Morgan fingerprint density at radius 2 is 1.65 bits per heavy atom. The number of unbranched alkanes of at least 4 members (excludes halogenated alkanes) is 7. The minimum Gasteiger partial charge on any atom is -0.469 e. The van der Waals surface area contributed by atoms with Gasteiger partial charge in [-0.3, -0.25) is 4.79 Å². The van der Waals surface area contributed by atoms with Crippen LogP contribution >= 0.6 is 23.2 Å². The molecular weight excluding hydrogens is 331 g/mol. The molecule has 0 spiro atoms. The molecule has 0 aromatic carbocycles. The van der Waals surface area contributed by atoms with Crippen molar-refractivity contribution < 1.29 is 9.53 Å². The molecule has 2 nitrogen and oxygen atoms in total. The van der Waals surface area contributed by atoms with Crippen LogP contribution in [0.5, 0.6) is 0 Å². The van der Waals surface area contributed by atoms with Crippen LogP contribution in [0.3, 0.4) is 0 Å². The third-order valence-electron chi connectivity index (χ3n) is 3.98. The van der Waals surface area contributed by atoms with Gasteiger partial charge in [0.05, 0.1) is 17.9 Å². The smallest absolute Gasteiger partial charge is 0.305 e. The van der Waals surface area contributed by atoms with Gasteiger partial charge in [-0.1, -0.05) is 57.6 Å². The molecule has 4 heteroatoms. The monoisotopic (exact) mass is 364 g/mol. The van der Waals surface area contributed by atoms with Crippen LogP contribution in [0.25, 0.3) is 0 Å². The van der Waals surface area contributed by atoms with Gasteiger partial charge in [-0.2, -0.15) is 0 Å². The number of allylic oxidation sites excluding steroid dienone is 2. The lowest BCUT2D eigenvalue weighted by atomic mass is 10.1. The van der Waals surface area contributed by atoms with Crippen molar-refractivity contribution in [2.75, 3.05) is 7.11 Å². The van der Waals surface area contributed by atoms with Crippen molar-refractivity contribution in [2.24, 2.45) is 0 Å². The molecule has 0 aliphatic rings. The lowest BCUT2D eigenvalue weighted by Gasteiger charge is -2.13. The highest BCUT2D eigenvalue weighted by molar-refractivity contribution is 6.30. The molecule has 23 heavy (non-hydrogen) atoms. The Bertz CT molecular complexity index is 306. The number of carbonyl (C=O) groups excluding carboxylic acids is 1. The van der Waals surface area contributed by atoms with E-state index in [-0.39, 0.29) is 16.7 Å². The summed E-state index contributed by atoms with van der Waals surface area (Å²) in [5, 5.41) is 0.130. The van der Waals surface area contributed by atoms with Crippen molar-refractivity contribution >= 4 is 29.2 Å². The molecule has 0 saturated heterocycles. The molecule has 0 radical (unpaired) electrons. The van der Waals surface area contributed by atoms with Gasteiger partial charge in [0.25, 0.3) is 0 Å². The lowest BCUT2D eigenvalue weighted by Crippen LogP contribution is -2.13. The Morgan fingerprint density at radius 1 is 0.957 bits per heavy atom. The standard InChI is InChI=1S/C19H34Cl2O2/c1-3-4-11-14-17(20)18(21)15-12-9-7-5-6-8-10-13-16-19(22)23-2/h9,12,17-18H,3-8,10-11,13-16H2,1-2H3/b12-9+. The zero-order valence-electron chi connectivity index (χ0n) is 14.9. The van der Waals surface area contributed by atoms with Crippen molar-refractivity contribution in [2.45, 2.75) is 94.7 Å². The summed E-state index contributed by atoms with van der Waals surface area (Å²) >= 11 is 12.6. The number of ether oxygens (including phenoxy) is 1. The van der Waals surface area contributed by atoms with Crippen LogP contribution < -0.4 is 0 Å². The van der Waals surface area contributed by atoms with Crippen molar-refractivity contribution in [1.29, 1.82) is 0 Å². The fourth-order valence-electron chi connectivity index (χ4n) is 2.43. The second-order valence-electron chi connectivity index (χ2n) is 6.12. The topological polar surface area (TPSA) is 26.3 Å². The summed E-state index contributed by atoms with van der Waals surface area (Å²) in [5.74, 6) is -0.101. The van der Waals surface area contributed by atoms with Crippen LogP contribution in [0.2, 0.25) is 0 Å². The van der Waals surface area contributed by atoms with Crippen LogP contribution in [0.15, 0.2) is 12.2 Å². The van der Waals surface area contributed by atoms with E-state index >= 15 is 0 Å². The SMILES string of the molecule is CCCCCC(Cl)C(Cl)C/C=C/CCCCCCCC(=O)OC. The highest BCUT2D eigenvalue weighted by atomic mass is 35.5. The Balaban J connectivity index is 3.44. The maximum absolute atomic E-state index is 10.9. The minimum absolute atomic E-state index is 0.0445. The van der Waals surface area contributed by atoms with Gasteiger partial charge >= 0.3 is 5.97 Å². The second-order valence-corrected chi connectivity index (χ2v) is 7.24. The Labute approximate surface area is 153 Å². The van der Waals surface area contributed by atoms with Crippen LogP contribution in [0.1, 0.15) is 84.0 Å². The highest BCUT2D eigenvalue weighted by Crippen LogP contribution is 2.20. The van der Waals surface area contributed by atoms with E-state index in [1.807, 2.05) is 0 Å². The largest absolute Gasteiger partial charge is 0.469 e. The Hall–Kier alpha value is -0.210. The van der Waals surface area contributed by atoms with Gasteiger partial charge in [0.15, 0.2) is 0 Å². The summed E-state index contributed by atoms with van der Waals surface area (Å²) in [6, 6.07) is 0. The second kappa shape index (κ2) is 16.6. The lowest BCUT2D eigenvalue weighted by molar-refractivity contribution is -0.140. The third-order valence-corrected chi connectivity index (χ3v) is 5.12. The van der Waals surface area contributed by atoms with Gasteiger partial charge in [-0.15, -0.1) is 23.2 Å². The van der Waals surface area contributed by atoms with E-state index in [1.54, 1.807) is 0 Å². The fraction of sp³-hybridized carbons (Fsp3) is 0.842. The molecule has 0 aromatic rings. The van der Waals surface area contributed by atoms with Gasteiger partial charge in [0.2, 0.25) is 0 Å². The normalized spacial score (nSPS) is 14.1. The maximum atomic E-state index is 10.9. The quantitative estimate of drug-likeness (QED) is 0.141. The zero-order valence-corrected chi connectivity index (χ0v) is 16.4. The Morgan fingerprint density at radius 3 is 2.35 bits per heavy atom. The van der Waals surface area contributed by atoms with Gasteiger partial charge in [0.1, 0.15) is 0 Å². The molecule has 0 N–H and O–H groups in total. The molecule has 0 rings (SSSR count). The number of hydrogen-bond donors (Lipinski definition) is 0. The van der Waals surface area contributed by atoms with E-state index in [0.29, 0.717) is 6.42 Å². The molecule has 0 aromatic heterocycles. The average molecular weight is 365 g/mol. The van der Waals surface area contributed by atoms with E-state index in [1.165, 1.54) is 45.6 Å². The van der Waals surface area contributed by atoms with Crippen LogP contribution in [-0.4, -0.2) is 23.8 Å². The molecule has 0 aliphatic heterocycles. The summed E-state index contributed by atoms with van der Waals surface area (Å²) in [6.07, 6.45) is 17.2. The van der Waals surface area contributed by atoms with Crippen LogP contribution in [0.4, 0.5) is 0 Å². The average Bonchev–Trinajstić information content (AvgIpc) is 2.56. The molecule has 0 saturated carbocycles. The molecule has 2 atom stereocenters. The summed E-state index contributed by atoms with van der Waals surface area (Å²) in [4.78, 5) is 10.9. The van der Waals surface area contributed by atoms with Gasteiger partial charge < -0.3 is 4.74 Å². The van der Waals surface area contributed by atoms with Crippen LogP contribution in [-0.2, 0) is 9.53 Å². The summed E-state index contributed by atoms with van der Waals surface area (Å²) < 4.78 is 4.62. The van der Waals surface area contributed by atoms with Crippen molar-refractivity contribution in [3.8, 4) is 0 Å². The zero-order chi connectivity index (χ0) is 17.3. The number of esters is 1. The summed E-state index contributed by atoms with van der Waals surface area (Å²) in [6.45, 7) is 2.20. The van der Waals surface area contributed by atoms with Crippen LogP contribution in [0, 0.1) is 0 Å². The molecule has 136 valence electrons. The summed E-state index contributed by atoms with van der Waals surface area (Å²) in [5.41, 5.74) is 0. The van der Waals surface area contributed by atoms with E-state index < -0.39 is 0 Å². The van der Waals surface area contributed by atoms with E-state index in [2.05, 4.69) is 23.8 Å². The molecule has 2 unspecified atom stereocenters. The number of methoxy groups -OCH3 is 1. The predicted octanol–water partition coefficient (Wildman–Crippen LogP) is 6.63.